The van der Waals surface area contributed by atoms with Crippen LogP contribution in [-0.4, -0.2) is 48.2 Å². The van der Waals surface area contributed by atoms with Crippen molar-refractivity contribution in [3.63, 3.8) is 0 Å². The van der Waals surface area contributed by atoms with E-state index in [-0.39, 0.29) is 11.8 Å². The number of nitrogens with one attached hydrogen (secondary N) is 2. The van der Waals surface area contributed by atoms with Gasteiger partial charge in [-0.3, -0.25) is 9.20 Å². The monoisotopic (exact) mass is 453 g/mol. The van der Waals surface area contributed by atoms with E-state index in [4.69, 9.17) is 10.7 Å². The average Bonchev–Trinajstić information content (AvgIpc) is 3.53. The molecule has 5 aromatic rings. The number of likely N-dealkylation sites (tertiary alicyclic amines) is 1. The molecule has 1 amide bonds. The molecule has 0 atom stereocenters. The summed E-state index contributed by atoms with van der Waals surface area (Å²) in [6.07, 6.45) is 5.35. The molecule has 4 N–H and O–H groups in total. The topological polar surface area (TPSA) is 108 Å². The molecule has 0 saturated carbocycles. The van der Waals surface area contributed by atoms with Crippen molar-refractivity contribution in [3.05, 3.63) is 71.6 Å². The van der Waals surface area contributed by atoms with E-state index < -0.39 is 0 Å². The number of nitrogen functional groups attached to an aromatic ring is 1. The van der Waals surface area contributed by atoms with E-state index in [0.29, 0.717) is 18.9 Å². The number of benzene rings is 1. The van der Waals surface area contributed by atoms with E-state index in [9.17, 15) is 4.79 Å². The van der Waals surface area contributed by atoms with Gasteiger partial charge >= 0.3 is 0 Å². The second kappa shape index (κ2) is 7.76. The maximum absolute atomic E-state index is 13.1. The van der Waals surface area contributed by atoms with Gasteiger partial charge in [-0.1, -0.05) is 18.2 Å². The quantitative estimate of drug-likeness (QED) is 0.376. The van der Waals surface area contributed by atoms with Gasteiger partial charge in [-0.15, -0.1) is 0 Å². The molecule has 0 radical (unpaired) electrons. The highest BCUT2D eigenvalue weighted by Gasteiger charge is 2.29. The SMILES string of the molecule is Cc1cc(C(=O)N2CCC(c3nc(-c4cc5ccccc5[nH]4)c4c(N)nccn34)CC2)c(C)[nH]1. The Morgan fingerprint density at radius 3 is 2.65 bits per heavy atom. The number of amides is 1. The van der Waals surface area contributed by atoms with Crippen LogP contribution in [-0.2, 0) is 0 Å². The van der Waals surface area contributed by atoms with Gasteiger partial charge in [0, 0.05) is 53.7 Å². The first-order chi connectivity index (χ1) is 16.5. The summed E-state index contributed by atoms with van der Waals surface area (Å²) in [5, 5.41) is 1.13. The molecule has 8 heteroatoms. The average molecular weight is 454 g/mol. The Kier molecular flexibility index (Phi) is 4.69. The van der Waals surface area contributed by atoms with Gasteiger partial charge in [-0.2, -0.15) is 0 Å². The normalized spacial score (nSPS) is 14.9. The standard InChI is InChI=1S/C26H27N7O/c1-15-13-19(16(2)29-15)26(34)32-10-7-17(8-11-32)25-31-22(23-24(27)28-9-12-33(23)25)21-14-18-5-3-4-6-20(18)30-21/h3-6,9,12-14,17,29-30H,7-8,10-11H2,1-2H3,(H2,27,28). The number of rotatable bonds is 3. The van der Waals surface area contributed by atoms with Crippen molar-refractivity contribution in [1.82, 2.24) is 29.2 Å². The van der Waals surface area contributed by atoms with Crippen LogP contribution < -0.4 is 5.73 Å². The van der Waals surface area contributed by atoms with Crippen LogP contribution in [0.2, 0.25) is 0 Å². The summed E-state index contributed by atoms with van der Waals surface area (Å²) in [7, 11) is 0. The minimum atomic E-state index is 0.0977. The fourth-order valence-electron chi connectivity index (χ4n) is 5.22. The van der Waals surface area contributed by atoms with Crippen LogP contribution in [0.1, 0.15) is 46.3 Å². The fourth-order valence-corrected chi connectivity index (χ4v) is 5.22. The summed E-state index contributed by atoms with van der Waals surface area (Å²) < 4.78 is 2.07. The number of aryl methyl sites for hydroxylation is 2. The van der Waals surface area contributed by atoms with E-state index >= 15 is 0 Å². The Morgan fingerprint density at radius 1 is 1.12 bits per heavy atom. The second-order valence-electron chi connectivity index (χ2n) is 9.18. The van der Waals surface area contributed by atoms with Crippen LogP contribution in [0.25, 0.3) is 27.8 Å². The molecule has 1 saturated heterocycles. The molecular formula is C26H27N7O. The number of para-hydroxylation sites is 1. The summed E-state index contributed by atoms with van der Waals surface area (Å²) in [6, 6.07) is 12.2. The summed E-state index contributed by atoms with van der Waals surface area (Å²) >= 11 is 0. The lowest BCUT2D eigenvalue weighted by atomic mass is 9.95. The number of aromatic amines is 2. The summed E-state index contributed by atoms with van der Waals surface area (Å²) in [5.74, 6) is 1.75. The van der Waals surface area contributed by atoms with Crippen molar-refractivity contribution in [2.24, 2.45) is 0 Å². The lowest BCUT2D eigenvalue weighted by Gasteiger charge is -2.31. The van der Waals surface area contributed by atoms with E-state index in [1.807, 2.05) is 43.1 Å². The molecule has 1 aromatic carbocycles. The first kappa shape index (κ1) is 20.5. The lowest BCUT2D eigenvalue weighted by molar-refractivity contribution is 0.0710. The van der Waals surface area contributed by atoms with Crippen LogP contribution in [0.4, 0.5) is 5.82 Å². The number of piperidine rings is 1. The zero-order valence-electron chi connectivity index (χ0n) is 19.3. The first-order valence-electron chi connectivity index (χ1n) is 11.7. The van der Waals surface area contributed by atoms with Crippen LogP contribution in [0, 0.1) is 13.8 Å². The third-order valence-electron chi connectivity index (χ3n) is 6.92. The second-order valence-corrected chi connectivity index (χ2v) is 9.18. The maximum Gasteiger partial charge on any atom is 0.255 e. The molecular weight excluding hydrogens is 426 g/mol. The van der Waals surface area contributed by atoms with E-state index in [1.54, 1.807) is 6.20 Å². The Bertz CT molecular complexity index is 1500. The van der Waals surface area contributed by atoms with Gasteiger partial charge in [0.25, 0.3) is 5.91 Å². The van der Waals surface area contributed by atoms with Crippen molar-refractivity contribution in [3.8, 4) is 11.4 Å². The first-order valence-corrected chi connectivity index (χ1v) is 11.7. The molecule has 1 aliphatic heterocycles. The van der Waals surface area contributed by atoms with Crippen LogP contribution in [0.15, 0.2) is 48.8 Å². The highest BCUT2D eigenvalue weighted by molar-refractivity contribution is 5.95. The molecule has 0 unspecified atom stereocenters. The Balaban J connectivity index is 1.32. The molecule has 5 heterocycles. The molecule has 4 aromatic heterocycles. The van der Waals surface area contributed by atoms with E-state index in [2.05, 4.69) is 37.6 Å². The molecule has 1 fully saturated rings. The van der Waals surface area contributed by atoms with Crippen LogP contribution in [0.5, 0.6) is 0 Å². The molecule has 0 bridgehead atoms. The van der Waals surface area contributed by atoms with Gasteiger partial charge < -0.3 is 20.6 Å². The maximum atomic E-state index is 13.1. The number of carbonyl (C=O) groups excluding carboxylic acids is 1. The zero-order valence-corrected chi connectivity index (χ0v) is 19.3. The van der Waals surface area contributed by atoms with Crippen molar-refractivity contribution in [2.75, 3.05) is 18.8 Å². The summed E-state index contributed by atoms with van der Waals surface area (Å²) in [5.41, 5.74) is 12.7. The van der Waals surface area contributed by atoms with Gasteiger partial charge in [0.2, 0.25) is 0 Å². The number of anilines is 1. The van der Waals surface area contributed by atoms with Gasteiger partial charge in [-0.25, -0.2) is 9.97 Å². The number of imidazole rings is 1. The summed E-state index contributed by atoms with van der Waals surface area (Å²) in [4.78, 5) is 31.2. The number of nitrogens with two attached hydrogens (primary N) is 1. The smallest absolute Gasteiger partial charge is 0.255 e. The minimum Gasteiger partial charge on any atom is -0.382 e. The van der Waals surface area contributed by atoms with Gasteiger partial charge in [0.05, 0.1) is 11.3 Å². The molecule has 172 valence electrons. The minimum absolute atomic E-state index is 0.0977. The number of H-pyrrole nitrogens is 2. The third-order valence-corrected chi connectivity index (χ3v) is 6.92. The predicted molar refractivity (Wildman–Crippen MR) is 133 cm³/mol. The highest BCUT2D eigenvalue weighted by Crippen LogP contribution is 2.35. The number of carbonyl (C=O) groups is 1. The Labute approximate surface area is 196 Å². The number of aromatic nitrogens is 5. The van der Waals surface area contributed by atoms with Crippen LogP contribution in [0.3, 0.4) is 0 Å². The van der Waals surface area contributed by atoms with Crippen LogP contribution >= 0.6 is 0 Å². The number of hydrogen-bond acceptors (Lipinski definition) is 4. The number of nitrogens with zero attached hydrogens (tertiary/aromatic N) is 4. The number of hydrogen-bond donors (Lipinski definition) is 3. The van der Waals surface area contributed by atoms with Crippen molar-refractivity contribution >= 4 is 28.1 Å². The van der Waals surface area contributed by atoms with E-state index in [1.165, 1.54) is 0 Å². The Hall–Kier alpha value is -4.07. The van der Waals surface area contributed by atoms with Gasteiger partial charge in [0.1, 0.15) is 22.9 Å². The third kappa shape index (κ3) is 3.25. The summed E-state index contributed by atoms with van der Waals surface area (Å²) in [6.45, 7) is 5.33. The predicted octanol–water partition coefficient (Wildman–Crippen LogP) is 4.42. The molecule has 0 spiro atoms. The van der Waals surface area contributed by atoms with E-state index in [0.717, 1.165) is 63.4 Å². The van der Waals surface area contributed by atoms with Crippen molar-refractivity contribution in [1.29, 1.82) is 0 Å². The largest absolute Gasteiger partial charge is 0.382 e. The van der Waals surface area contributed by atoms with Gasteiger partial charge in [0.15, 0.2) is 0 Å². The molecule has 8 nitrogen and oxygen atoms in total. The van der Waals surface area contributed by atoms with Crippen molar-refractivity contribution in [2.45, 2.75) is 32.6 Å². The van der Waals surface area contributed by atoms with Gasteiger partial charge in [-0.05, 0) is 44.9 Å². The molecule has 0 aliphatic carbocycles. The Morgan fingerprint density at radius 2 is 1.91 bits per heavy atom. The number of fused-ring (bicyclic) bond motifs is 2. The highest BCUT2D eigenvalue weighted by atomic mass is 16.2. The fraction of sp³-hybridized carbons (Fsp3) is 0.269. The lowest BCUT2D eigenvalue weighted by Crippen LogP contribution is -2.38. The molecule has 1 aliphatic rings. The zero-order chi connectivity index (χ0) is 23.4. The van der Waals surface area contributed by atoms with Crippen molar-refractivity contribution < 1.29 is 4.79 Å². The molecule has 34 heavy (non-hydrogen) atoms. The molecule has 6 rings (SSSR count).